The van der Waals surface area contributed by atoms with Crippen molar-refractivity contribution in [1.29, 1.82) is 0 Å². The van der Waals surface area contributed by atoms with E-state index in [0.717, 1.165) is 5.56 Å². The van der Waals surface area contributed by atoms with Gasteiger partial charge in [0.05, 0.1) is 6.21 Å². The van der Waals surface area contributed by atoms with Crippen LogP contribution in [0, 0.1) is 0 Å². The smallest absolute Gasteiger partial charge is 0.241 e. The Hall–Kier alpha value is -1.92. The number of rotatable bonds is 4. The summed E-state index contributed by atoms with van der Waals surface area (Å²) in [6, 6.07) is 6.88. The van der Waals surface area contributed by atoms with Crippen LogP contribution in [0.2, 0.25) is 5.02 Å². The summed E-state index contributed by atoms with van der Waals surface area (Å²) in [6.45, 7) is 0. The van der Waals surface area contributed by atoms with Crippen molar-refractivity contribution in [1.82, 2.24) is 16.3 Å². The number of hydrogen-bond donors (Lipinski definition) is 3. The number of carbonyl (C=O) groups excluding carboxylic acids is 2. The van der Waals surface area contributed by atoms with Gasteiger partial charge in [0.2, 0.25) is 11.8 Å². The Bertz CT molecular complexity index is 501. The van der Waals surface area contributed by atoms with Crippen molar-refractivity contribution in [3.63, 3.8) is 0 Å². The zero-order chi connectivity index (χ0) is 13.7. The molecule has 0 saturated carbocycles. The summed E-state index contributed by atoms with van der Waals surface area (Å²) in [6.07, 6.45) is 2.02. The van der Waals surface area contributed by atoms with Crippen molar-refractivity contribution in [2.75, 3.05) is 0 Å². The average molecular weight is 281 g/mol. The van der Waals surface area contributed by atoms with Crippen LogP contribution in [0.3, 0.4) is 0 Å². The van der Waals surface area contributed by atoms with Gasteiger partial charge < -0.3 is 0 Å². The molecule has 1 atom stereocenters. The number of benzene rings is 1. The normalized spacial score (nSPS) is 18.6. The second kappa shape index (κ2) is 6.31. The minimum atomic E-state index is -0.251. The van der Waals surface area contributed by atoms with Gasteiger partial charge in [0.15, 0.2) is 0 Å². The van der Waals surface area contributed by atoms with Crippen LogP contribution in [0.1, 0.15) is 18.4 Å². The summed E-state index contributed by atoms with van der Waals surface area (Å²) in [5, 5.41) is 4.48. The highest BCUT2D eigenvalue weighted by atomic mass is 35.5. The molecular weight excluding hydrogens is 268 g/mol. The quantitative estimate of drug-likeness (QED) is 0.557. The van der Waals surface area contributed by atoms with E-state index in [1.165, 1.54) is 6.21 Å². The number of halogens is 1. The third kappa shape index (κ3) is 4.35. The Morgan fingerprint density at radius 2 is 2.21 bits per heavy atom. The molecule has 1 saturated heterocycles. The van der Waals surface area contributed by atoms with Crippen molar-refractivity contribution >= 4 is 29.6 Å². The van der Waals surface area contributed by atoms with Crippen LogP contribution in [0.4, 0.5) is 0 Å². The van der Waals surface area contributed by atoms with E-state index in [-0.39, 0.29) is 24.3 Å². The van der Waals surface area contributed by atoms with Crippen LogP contribution in [-0.4, -0.2) is 24.1 Å². The Labute approximate surface area is 115 Å². The molecule has 0 spiro atoms. The molecule has 1 aliphatic heterocycles. The zero-order valence-electron chi connectivity index (χ0n) is 10.0. The maximum absolute atomic E-state index is 11.5. The molecule has 3 N–H and O–H groups in total. The molecule has 0 bridgehead atoms. The van der Waals surface area contributed by atoms with Crippen LogP contribution in [-0.2, 0) is 9.59 Å². The average Bonchev–Trinajstić information content (AvgIpc) is 2.77. The topological polar surface area (TPSA) is 82.6 Å². The molecule has 0 aliphatic carbocycles. The molecule has 7 heteroatoms. The molecule has 0 radical (unpaired) electrons. The summed E-state index contributed by atoms with van der Waals surface area (Å²) in [5.74, 6) is -0.360. The van der Waals surface area contributed by atoms with Crippen LogP contribution in [0.25, 0.3) is 0 Å². The van der Waals surface area contributed by atoms with Gasteiger partial charge in [-0.1, -0.05) is 23.7 Å². The SMILES string of the molecule is O=C(CC1CC(=O)NN1)N/N=C/c1ccc(Cl)cc1. The van der Waals surface area contributed by atoms with Gasteiger partial charge in [-0.15, -0.1) is 0 Å². The zero-order valence-corrected chi connectivity index (χ0v) is 10.8. The Kier molecular flexibility index (Phi) is 4.48. The number of nitrogens with one attached hydrogen (secondary N) is 3. The lowest BCUT2D eigenvalue weighted by atomic mass is 10.1. The second-order valence-electron chi connectivity index (χ2n) is 4.14. The lowest BCUT2D eigenvalue weighted by Gasteiger charge is -2.05. The van der Waals surface area contributed by atoms with Gasteiger partial charge in [-0.2, -0.15) is 5.10 Å². The lowest BCUT2D eigenvalue weighted by Crippen LogP contribution is -2.34. The second-order valence-corrected chi connectivity index (χ2v) is 4.58. The van der Waals surface area contributed by atoms with Gasteiger partial charge in [-0.05, 0) is 17.7 Å². The van der Waals surface area contributed by atoms with Gasteiger partial charge in [0.1, 0.15) is 0 Å². The first-order valence-corrected chi connectivity index (χ1v) is 6.13. The van der Waals surface area contributed by atoms with Gasteiger partial charge in [-0.3, -0.25) is 15.0 Å². The fourth-order valence-corrected chi connectivity index (χ4v) is 1.75. The number of amides is 2. The summed E-state index contributed by atoms with van der Waals surface area (Å²) in [7, 11) is 0. The number of carbonyl (C=O) groups is 2. The first-order chi connectivity index (χ1) is 9.13. The predicted octanol–water partition coefficient (Wildman–Crippen LogP) is 0.573. The fraction of sp³-hybridized carbons (Fsp3) is 0.250. The van der Waals surface area contributed by atoms with E-state index in [2.05, 4.69) is 21.4 Å². The summed E-state index contributed by atoms with van der Waals surface area (Å²) in [5.41, 5.74) is 8.41. The monoisotopic (exact) mass is 280 g/mol. The van der Waals surface area contributed by atoms with E-state index in [1.54, 1.807) is 24.3 Å². The molecule has 19 heavy (non-hydrogen) atoms. The third-order valence-corrected chi connectivity index (χ3v) is 2.80. The molecular formula is C12H13ClN4O2. The van der Waals surface area contributed by atoms with E-state index < -0.39 is 0 Å². The minimum Gasteiger partial charge on any atom is -0.291 e. The molecule has 1 aromatic carbocycles. The van der Waals surface area contributed by atoms with Crippen LogP contribution in [0.5, 0.6) is 0 Å². The standard InChI is InChI=1S/C12H13ClN4O2/c13-9-3-1-8(2-4-9)7-14-16-11(18)5-10-6-12(19)17-15-10/h1-4,7,10,15H,5-6H2,(H,16,18)(H,17,19)/b14-7+. The first-order valence-electron chi connectivity index (χ1n) is 5.75. The van der Waals surface area contributed by atoms with E-state index in [9.17, 15) is 9.59 Å². The molecule has 2 rings (SSSR count). The van der Waals surface area contributed by atoms with Gasteiger partial charge in [-0.25, -0.2) is 10.9 Å². The lowest BCUT2D eigenvalue weighted by molar-refractivity contribution is -0.121. The van der Waals surface area contributed by atoms with Crippen molar-refractivity contribution < 1.29 is 9.59 Å². The number of hydrogen-bond acceptors (Lipinski definition) is 4. The molecule has 2 amide bonds. The molecule has 100 valence electrons. The highest BCUT2D eigenvalue weighted by Crippen LogP contribution is 2.07. The summed E-state index contributed by atoms with van der Waals surface area (Å²) < 4.78 is 0. The van der Waals surface area contributed by atoms with Crippen LogP contribution >= 0.6 is 11.6 Å². The Balaban J connectivity index is 1.77. The molecule has 0 aromatic heterocycles. The van der Waals surface area contributed by atoms with E-state index in [1.807, 2.05) is 0 Å². The number of hydrazine groups is 1. The summed E-state index contributed by atoms with van der Waals surface area (Å²) >= 11 is 5.75. The van der Waals surface area contributed by atoms with Crippen LogP contribution in [0.15, 0.2) is 29.4 Å². The maximum Gasteiger partial charge on any atom is 0.241 e. The fourth-order valence-electron chi connectivity index (χ4n) is 1.63. The van der Waals surface area contributed by atoms with E-state index in [4.69, 9.17) is 11.6 Å². The molecule has 6 nitrogen and oxygen atoms in total. The predicted molar refractivity (Wildman–Crippen MR) is 71.5 cm³/mol. The molecule has 1 aliphatic rings. The number of hydrazone groups is 1. The Morgan fingerprint density at radius 1 is 1.47 bits per heavy atom. The minimum absolute atomic E-state index is 0.109. The van der Waals surface area contributed by atoms with Crippen molar-refractivity contribution in [2.45, 2.75) is 18.9 Å². The molecule has 1 heterocycles. The highest BCUT2D eigenvalue weighted by Gasteiger charge is 2.22. The van der Waals surface area contributed by atoms with Gasteiger partial charge in [0.25, 0.3) is 0 Å². The molecule has 1 fully saturated rings. The highest BCUT2D eigenvalue weighted by molar-refractivity contribution is 6.30. The van der Waals surface area contributed by atoms with Crippen molar-refractivity contribution in [3.8, 4) is 0 Å². The number of nitrogens with zero attached hydrogens (tertiary/aromatic N) is 1. The maximum atomic E-state index is 11.5. The van der Waals surface area contributed by atoms with Gasteiger partial charge >= 0.3 is 0 Å². The third-order valence-electron chi connectivity index (χ3n) is 2.55. The van der Waals surface area contributed by atoms with E-state index >= 15 is 0 Å². The Morgan fingerprint density at radius 3 is 2.84 bits per heavy atom. The first kappa shape index (κ1) is 13.5. The molecule has 1 aromatic rings. The van der Waals surface area contributed by atoms with Crippen molar-refractivity contribution in [3.05, 3.63) is 34.9 Å². The van der Waals surface area contributed by atoms with Crippen molar-refractivity contribution in [2.24, 2.45) is 5.10 Å². The summed E-state index contributed by atoms with van der Waals surface area (Å²) in [4.78, 5) is 22.4. The molecule has 1 unspecified atom stereocenters. The largest absolute Gasteiger partial charge is 0.291 e. The van der Waals surface area contributed by atoms with Gasteiger partial charge in [0, 0.05) is 23.9 Å². The van der Waals surface area contributed by atoms with Crippen LogP contribution < -0.4 is 16.3 Å². The van der Waals surface area contributed by atoms with E-state index in [0.29, 0.717) is 11.4 Å².